The van der Waals surface area contributed by atoms with Crippen molar-refractivity contribution >= 4 is 5.96 Å². The van der Waals surface area contributed by atoms with Crippen LogP contribution in [0.5, 0.6) is 0 Å². The Balaban J connectivity index is 1.46. The van der Waals surface area contributed by atoms with E-state index in [-0.39, 0.29) is 6.10 Å². The van der Waals surface area contributed by atoms with Crippen molar-refractivity contribution in [1.29, 1.82) is 0 Å². The fourth-order valence-corrected chi connectivity index (χ4v) is 2.86. The third kappa shape index (κ3) is 9.39. The number of hydrogen-bond donors (Lipinski definition) is 2. The molecule has 2 aliphatic heterocycles. The second-order valence-corrected chi connectivity index (χ2v) is 6.46. The van der Waals surface area contributed by atoms with Crippen LogP contribution < -0.4 is 10.6 Å². The quantitative estimate of drug-likeness (QED) is 0.312. The zero-order valence-electron chi connectivity index (χ0n) is 15.6. The van der Waals surface area contributed by atoms with Gasteiger partial charge in [0.05, 0.1) is 25.4 Å². The lowest BCUT2D eigenvalue weighted by Crippen LogP contribution is -2.38. The van der Waals surface area contributed by atoms with Gasteiger partial charge in [0.25, 0.3) is 0 Å². The third-order valence-corrected chi connectivity index (χ3v) is 4.24. The largest absolute Gasteiger partial charge is 0.379 e. The maximum atomic E-state index is 5.76. The molecule has 7 nitrogen and oxygen atoms in total. The molecule has 0 aromatic heterocycles. The van der Waals surface area contributed by atoms with Crippen molar-refractivity contribution in [3.8, 4) is 0 Å². The monoisotopic (exact) mass is 357 g/mol. The third-order valence-electron chi connectivity index (χ3n) is 4.24. The van der Waals surface area contributed by atoms with E-state index >= 15 is 0 Å². The highest BCUT2D eigenvalue weighted by Crippen LogP contribution is 2.11. The molecule has 0 amide bonds. The van der Waals surface area contributed by atoms with E-state index in [1.807, 2.05) is 0 Å². The summed E-state index contributed by atoms with van der Waals surface area (Å²) in [5.41, 5.74) is 0. The van der Waals surface area contributed by atoms with Gasteiger partial charge in [-0.3, -0.25) is 4.99 Å². The first-order valence-corrected chi connectivity index (χ1v) is 9.79. The molecule has 2 aliphatic rings. The summed E-state index contributed by atoms with van der Waals surface area (Å²) in [6.07, 6.45) is 5.79. The summed E-state index contributed by atoms with van der Waals surface area (Å²) in [5, 5.41) is 6.62. The second-order valence-electron chi connectivity index (χ2n) is 6.46. The molecule has 0 aliphatic carbocycles. The first-order chi connectivity index (χ1) is 12.4. The van der Waals surface area contributed by atoms with Gasteiger partial charge in [-0.05, 0) is 39.0 Å². The van der Waals surface area contributed by atoms with Crippen molar-refractivity contribution in [3.05, 3.63) is 0 Å². The number of guanidine groups is 1. The molecule has 2 saturated heterocycles. The Hall–Kier alpha value is -0.890. The molecular weight excluding hydrogens is 322 g/mol. The van der Waals surface area contributed by atoms with Crippen LogP contribution in [0.4, 0.5) is 0 Å². The lowest BCUT2D eigenvalue weighted by atomic mass is 10.2. The Bertz CT molecular complexity index is 356. The van der Waals surface area contributed by atoms with Crippen LogP contribution in [-0.4, -0.2) is 77.4 Å². The van der Waals surface area contributed by atoms with Crippen LogP contribution in [0.3, 0.4) is 0 Å². The number of ether oxygens (including phenoxy) is 4. The van der Waals surface area contributed by atoms with Crippen LogP contribution in [0.25, 0.3) is 0 Å². The van der Waals surface area contributed by atoms with Crippen molar-refractivity contribution in [2.24, 2.45) is 4.99 Å². The van der Waals surface area contributed by atoms with Crippen LogP contribution in [0.15, 0.2) is 4.99 Å². The molecule has 2 N–H and O–H groups in total. The van der Waals surface area contributed by atoms with E-state index < -0.39 is 0 Å². The van der Waals surface area contributed by atoms with E-state index in [4.69, 9.17) is 18.9 Å². The number of nitrogens with one attached hydrogen (secondary N) is 2. The van der Waals surface area contributed by atoms with Gasteiger partial charge < -0.3 is 29.6 Å². The Kier molecular flexibility index (Phi) is 10.9. The van der Waals surface area contributed by atoms with E-state index in [0.717, 1.165) is 90.7 Å². The van der Waals surface area contributed by atoms with E-state index in [2.05, 4.69) is 22.5 Å². The Morgan fingerprint density at radius 3 is 2.88 bits per heavy atom. The summed E-state index contributed by atoms with van der Waals surface area (Å²) >= 11 is 0. The van der Waals surface area contributed by atoms with Gasteiger partial charge >= 0.3 is 0 Å². The highest BCUT2D eigenvalue weighted by molar-refractivity contribution is 5.79. The number of rotatable bonds is 12. The van der Waals surface area contributed by atoms with E-state index in [1.54, 1.807) is 0 Å². The molecule has 2 heterocycles. The summed E-state index contributed by atoms with van der Waals surface area (Å²) in [4.78, 5) is 4.58. The van der Waals surface area contributed by atoms with E-state index in [0.29, 0.717) is 12.7 Å². The van der Waals surface area contributed by atoms with Gasteiger partial charge in [-0.15, -0.1) is 0 Å². The average Bonchev–Trinajstić information content (AvgIpc) is 3.31. The van der Waals surface area contributed by atoms with Gasteiger partial charge in [0.15, 0.2) is 5.96 Å². The molecule has 0 spiro atoms. The summed E-state index contributed by atoms with van der Waals surface area (Å²) in [5.74, 6) is 0.867. The van der Waals surface area contributed by atoms with Crippen LogP contribution >= 0.6 is 0 Å². The summed E-state index contributed by atoms with van der Waals surface area (Å²) in [6, 6.07) is 0. The first-order valence-electron chi connectivity index (χ1n) is 9.79. The first kappa shape index (κ1) is 20.4. The predicted molar refractivity (Wildman–Crippen MR) is 98.2 cm³/mol. The minimum absolute atomic E-state index is 0.288. The molecule has 2 rings (SSSR count). The van der Waals surface area contributed by atoms with Crippen LogP contribution in [0.2, 0.25) is 0 Å². The standard InChI is InChI=1S/C18H35N3O4/c1-2-19-18(21-9-5-12-25-17-7-13-23-15-17)20-8-4-10-22-14-16-6-3-11-24-16/h16-17H,2-15H2,1H3,(H2,19,20,21). The molecule has 0 aromatic carbocycles. The fourth-order valence-electron chi connectivity index (χ4n) is 2.86. The molecule has 2 fully saturated rings. The Morgan fingerprint density at radius 2 is 2.12 bits per heavy atom. The maximum absolute atomic E-state index is 5.76. The van der Waals surface area contributed by atoms with Crippen molar-refractivity contribution in [3.63, 3.8) is 0 Å². The molecule has 0 aromatic rings. The lowest BCUT2D eigenvalue weighted by Gasteiger charge is -2.13. The maximum Gasteiger partial charge on any atom is 0.191 e. The second kappa shape index (κ2) is 13.3. The average molecular weight is 357 g/mol. The van der Waals surface area contributed by atoms with Gasteiger partial charge in [-0.25, -0.2) is 0 Å². The normalized spacial score (nSPS) is 24.0. The molecule has 2 unspecified atom stereocenters. The summed E-state index contributed by atoms with van der Waals surface area (Å²) in [6.45, 7) is 9.22. The SMILES string of the molecule is CCNC(=NCCCOCC1CCCO1)NCCCOC1CCOC1. The zero-order chi connectivity index (χ0) is 17.6. The van der Waals surface area contributed by atoms with Gasteiger partial charge in [-0.1, -0.05) is 0 Å². The van der Waals surface area contributed by atoms with Crippen LogP contribution in [-0.2, 0) is 18.9 Å². The van der Waals surface area contributed by atoms with Crippen molar-refractivity contribution in [2.75, 3.05) is 59.3 Å². The summed E-state index contributed by atoms with van der Waals surface area (Å²) < 4.78 is 22.3. The van der Waals surface area contributed by atoms with Gasteiger partial charge in [0.2, 0.25) is 0 Å². The topological polar surface area (TPSA) is 73.3 Å². The minimum Gasteiger partial charge on any atom is -0.379 e. The summed E-state index contributed by atoms with van der Waals surface area (Å²) in [7, 11) is 0. The lowest BCUT2D eigenvalue weighted by molar-refractivity contribution is 0.0171. The predicted octanol–water partition coefficient (Wildman–Crippen LogP) is 1.32. The van der Waals surface area contributed by atoms with Gasteiger partial charge in [-0.2, -0.15) is 0 Å². The Morgan fingerprint density at radius 1 is 1.16 bits per heavy atom. The molecule has 0 radical (unpaired) electrons. The van der Waals surface area contributed by atoms with Crippen molar-refractivity contribution < 1.29 is 18.9 Å². The minimum atomic E-state index is 0.288. The smallest absolute Gasteiger partial charge is 0.191 e. The molecule has 25 heavy (non-hydrogen) atoms. The Labute approximate surface area is 151 Å². The van der Waals surface area contributed by atoms with Gasteiger partial charge in [0, 0.05) is 46.1 Å². The van der Waals surface area contributed by atoms with Crippen molar-refractivity contribution in [2.45, 2.75) is 51.2 Å². The highest BCUT2D eigenvalue weighted by Gasteiger charge is 2.15. The van der Waals surface area contributed by atoms with E-state index in [1.165, 1.54) is 0 Å². The molecule has 0 saturated carbocycles. The highest BCUT2D eigenvalue weighted by atomic mass is 16.5. The fraction of sp³-hybridized carbons (Fsp3) is 0.944. The molecule has 0 bridgehead atoms. The molecule has 7 heteroatoms. The van der Waals surface area contributed by atoms with Gasteiger partial charge in [0.1, 0.15) is 0 Å². The number of nitrogens with zero attached hydrogens (tertiary/aromatic N) is 1. The zero-order valence-corrected chi connectivity index (χ0v) is 15.6. The number of hydrogen-bond acceptors (Lipinski definition) is 5. The molecule has 2 atom stereocenters. The van der Waals surface area contributed by atoms with Crippen LogP contribution in [0.1, 0.15) is 39.0 Å². The van der Waals surface area contributed by atoms with Crippen molar-refractivity contribution in [1.82, 2.24) is 10.6 Å². The van der Waals surface area contributed by atoms with Crippen LogP contribution in [0, 0.1) is 0 Å². The molecule has 146 valence electrons. The molecular formula is C18H35N3O4. The number of aliphatic imine (C=N–C) groups is 1. The van der Waals surface area contributed by atoms with E-state index in [9.17, 15) is 0 Å².